The maximum Gasteiger partial charge on any atom is 0.329 e. The summed E-state index contributed by atoms with van der Waals surface area (Å²) in [6.07, 6.45) is 2.15. The molecule has 0 bridgehead atoms. The van der Waals surface area contributed by atoms with Gasteiger partial charge in [0.1, 0.15) is 5.75 Å². The van der Waals surface area contributed by atoms with Gasteiger partial charge in [-0.2, -0.15) is 5.10 Å². The van der Waals surface area contributed by atoms with E-state index < -0.39 is 11.8 Å². The molecule has 0 unspecified atom stereocenters. The molecule has 0 aliphatic carbocycles. The smallest absolute Gasteiger partial charge is 0.329 e. The van der Waals surface area contributed by atoms with Crippen molar-refractivity contribution >= 4 is 39.6 Å². The summed E-state index contributed by atoms with van der Waals surface area (Å²) < 4.78 is 0.751. The van der Waals surface area contributed by atoms with E-state index >= 15 is 0 Å². The van der Waals surface area contributed by atoms with Crippen molar-refractivity contribution in [1.29, 1.82) is 0 Å². The summed E-state index contributed by atoms with van der Waals surface area (Å²) in [4.78, 5) is 23.5. The molecule has 124 valence electrons. The van der Waals surface area contributed by atoms with Gasteiger partial charge in [-0.05, 0) is 42.3 Å². The fourth-order valence-electron chi connectivity index (χ4n) is 1.85. The molecule has 6 nitrogen and oxygen atoms in total. The number of carbonyl (C=O) groups is 2. The van der Waals surface area contributed by atoms with E-state index in [4.69, 9.17) is 0 Å². The molecule has 0 heterocycles. The van der Waals surface area contributed by atoms with Crippen molar-refractivity contribution in [2.24, 2.45) is 5.10 Å². The average molecular weight is 390 g/mol. The fourth-order valence-corrected chi connectivity index (χ4v) is 2.23. The number of hydrazone groups is 1. The number of hydrogen-bond acceptors (Lipinski definition) is 4. The predicted octanol–water partition coefficient (Wildman–Crippen LogP) is 2.81. The van der Waals surface area contributed by atoms with Crippen molar-refractivity contribution in [3.8, 4) is 5.75 Å². The lowest BCUT2D eigenvalue weighted by Crippen LogP contribution is -2.32. The first-order valence-electron chi connectivity index (χ1n) is 7.21. The van der Waals surface area contributed by atoms with Gasteiger partial charge in [-0.3, -0.25) is 9.59 Å². The second-order valence-electron chi connectivity index (χ2n) is 4.91. The number of hydrogen-bond donors (Lipinski definition) is 3. The van der Waals surface area contributed by atoms with Gasteiger partial charge < -0.3 is 10.4 Å². The second kappa shape index (κ2) is 8.26. The molecule has 0 spiro atoms. The van der Waals surface area contributed by atoms with Crippen molar-refractivity contribution < 1.29 is 14.7 Å². The summed E-state index contributed by atoms with van der Waals surface area (Å²) in [5.41, 5.74) is 4.18. The van der Waals surface area contributed by atoms with Crippen LogP contribution in [-0.2, 0) is 16.0 Å². The van der Waals surface area contributed by atoms with Crippen LogP contribution in [0.5, 0.6) is 5.75 Å². The molecule has 24 heavy (non-hydrogen) atoms. The van der Waals surface area contributed by atoms with Gasteiger partial charge in [0.05, 0.1) is 6.21 Å². The largest absolute Gasteiger partial charge is 0.507 e. The maximum absolute atomic E-state index is 11.8. The number of benzene rings is 2. The monoisotopic (exact) mass is 389 g/mol. The van der Waals surface area contributed by atoms with E-state index in [1.54, 1.807) is 24.3 Å². The first-order chi connectivity index (χ1) is 11.5. The van der Waals surface area contributed by atoms with Crippen LogP contribution in [0.25, 0.3) is 0 Å². The molecule has 0 aliphatic rings. The predicted molar refractivity (Wildman–Crippen MR) is 96.0 cm³/mol. The molecule has 2 amide bonds. The van der Waals surface area contributed by atoms with Crippen LogP contribution in [0.2, 0.25) is 0 Å². The molecule has 0 saturated heterocycles. The lowest BCUT2D eigenvalue weighted by atomic mass is 10.1. The Bertz CT molecular complexity index is 773. The first kappa shape index (κ1) is 17.7. The van der Waals surface area contributed by atoms with Crippen molar-refractivity contribution in [3.05, 3.63) is 58.1 Å². The number of anilines is 1. The molecule has 0 saturated carbocycles. The number of phenolic OH excluding ortho intramolecular Hbond substituents is 1. The van der Waals surface area contributed by atoms with Crippen LogP contribution < -0.4 is 10.7 Å². The molecule has 0 fully saturated rings. The highest BCUT2D eigenvalue weighted by molar-refractivity contribution is 9.10. The third-order valence-corrected chi connectivity index (χ3v) is 3.68. The van der Waals surface area contributed by atoms with Gasteiger partial charge in [-0.25, -0.2) is 5.43 Å². The van der Waals surface area contributed by atoms with Crippen LogP contribution in [0.3, 0.4) is 0 Å². The summed E-state index contributed by atoms with van der Waals surface area (Å²) in [6.45, 7) is 2.03. The van der Waals surface area contributed by atoms with Gasteiger partial charge in [0.25, 0.3) is 0 Å². The van der Waals surface area contributed by atoms with Gasteiger partial charge in [0, 0.05) is 15.7 Å². The van der Waals surface area contributed by atoms with Crippen molar-refractivity contribution in [2.45, 2.75) is 13.3 Å². The Morgan fingerprint density at radius 2 is 1.88 bits per heavy atom. The molecule has 3 N–H and O–H groups in total. The number of phenols is 1. The van der Waals surface area contributed by atoms with Gasteiger partial charge >= 0.3 is 11.8 Å². The minimum absolute atomic E-state index is 0.0108. The van der Waals surface area contributed by atoms with Crippen LogP contribution in [0.15, 0.2) is 52.0 Å². The number of aryl methyl sites for hydroxylation is 1. The maximum atomic E-state index is 11.8. The van der Waals surface area contributed by atoms with Crippen molar-refractivity contribution in [1.82, 2.24) is 5.43 Å². The Kier molecular flexibility index (Phi) is 6.08. The van der Waals surface area contributed by atoms with E-state index in [-0.39, 0.29) is 5.75 Å². The van der Waals surface area contributed by atoms with E-state index in [0.29, 0.717) is 11.3 Å². The Morgan fingerprint density at radius 3 is 2.54 bits per heavy atom. The lowest BCUT2D eigenvalue weighted by Gasteiger charge is -2.05. The van der Waals surface area contributed by atoms with Gasteiger partial charge in [-0.1, -0.05) is 35.0 Å². The Hall–Kier alpha value is -2.67. The van der Waals surface area contributed by atoms with Crippen LogP contribution in [0.4, 0.5) is 5.69 Å². The summed E-state index contributed by atoms with van der Waals surface area (Å²) in [5.74, 6) is -1.72. The van der Waals surface area contributed by atoms with Gasteiger partial charge in [0.2, 0.25) is 0 Å². The third kappa shape index (κ3) is 4.92. The highest BCUT2D eigenvalue weighted by Gasteiger charge is 2.12. The van der Waals surface area contributed by atoms with Crippen molar-refractivity contribution in [3.63, 3.8) is 0 Å². The number of amides is 2. The SMILES string of the molecule is CCc1ccc(NC(=O)C(=O)NN=Cc2cc(Br)ccc2O)cc1. The molecule has 0 radical (unpaired) electrons. The Labute approximate surface area is 147 Å². The number of nitrogens with zero attached hydrogens (tertiary/aromatic N) is 1. The molecule has 2 aromatic carbocycles. The number of aromatic hydroxyl groups is 1. The van der Waals surface area contributed by atoms with Crippen LogP contribution >= 0.6 is 15.9 Å². The normalized spacial score (nSPS) is 10.6. The van der Waals surface area contributed by atoms with E-state index in [9.17, 15) is 14.7 Å². The Balaban J connectivity index is 1.92. The summed E-state index contributed by atoms with van der Waals surface area (Å²) in [6, 6.07) is 12.0. The zero-order valence-corrected chi connectivity index (χ0v) is 14.5. The molecule has 7 heteroatoms. The van der Waals surface area contributed by atoms with Crippen LogP contribution in [-0.4, -0.2) is 23.1 Å². The third-order valence-electron chi connectivity index (χ3n) is 3.19. The standard InChI is InChI=1S/C17H16BrN3O3/c1-2-11-3-6-14(7-4-11)20-16(23)17(24)21-19-10-12-9-13(18)5-8-15(12)22/h3-10,22H,2H2,1H3,(H,20,23)(H,21,24). The summed E-state index contributed by atoms with van der Waals surface area (Å²) in [7, 11) is 0. The highest BCUT2D eigenvalue weighted by atomic mass is 79.9. The summed E-state index contributed by atoms with van der Waals surface area (Å²) in [5, 5.41) is 15.8. The number of carbonyl (C=O) groups excluding carboxylic acids is 2. The molecular weight excluding hydrogens is 374 g/mol. The number of halogens is 1. The molecular formula is C17H16BrN3O3. The number of nitrogens with one attached hydrogen (secondary N) is 2. The van der Waals surface area contributed by atoms with Crippen LogP contribution in [0.1, 0.15) is 18.1 Å². The molecule has 0 aliphatic heterocycles. The Morgan fingerprint density at radius 1 is 1.17 bits per heavy atom. The van der Waals surface area contributed by atoms with E-state index in [0.717, 1.165) is 16.5 Å². The quantitative estimate of drug-likeness (QED) is 0.426. The van der Waals surface area contributed by atoms with Crippen LogP contribution in [0, 0.1) is 0 Å². The first-order valence-corrected chi connectivity index (χ1v) is 8.00. The van der Waals surface area contributed by atoms with E-state index in [1.807, 2.05) is 19.1 Å². The molecule has 0 aromatic heterocycles. The zero-order chi connectivity index (χ0) is 17.5. The van der Waals surface area contributed by atoms with E-state index in [2.05, 4.69) is 31.8 Å². The average Bonchev–Trinajstić information content (AvgIpc) is 2.58. The van der Waals surface area contributed by atoms with E-state index in [1.165, 1.54) is 12.3 Å². The minimum atomic E-state index is -0.902. The topological polar surface area (TPSA) is 90.8 Å². The van der Waals surface area contributed by atoms with Crippen molar-refractivity contribution in [2.75, 3.05) is 5.32 Å². The highest BCUT2D eigenvalue weighted by Crippen LogP contribution is 2.19. The fraction of sp³-hybridized carbons (Fsp3) is 0.118. The second-order valence-corrected chi connectivity index (χ2v) is 5.82. The van der Waals surface area contributed by atoms with Gasteiger partial charge in [-0.15, -0.1) is 0 Å². The number of rotatable bonds is 4. The van der Waals surface area contributed by atoms with Gasteiger partial charge in [0.15, 0.2) is 0 Å². The minimum Gasteiger partial charge on any atom is -0.507 e. The summed E-state index contributed by atoms with van der Waals surface area (Å²) >= 11 is 3.26. The molecule has 0 atom stereocenters. The molecule has 2 rings (SSSR count). The zero-order valence-electron chi connectivity index (χ0n) is 12.9. The lowest BCUT2D eigenvalue weighted by molar-refractivity contribution is -0.136. The molecule has 2 aromatic rings.